The number of rotatable bonds is 4. The predicted molar refractivity (Wildman–Crippen MR) is 63.1 cm³/mol. The summed E-state index contributed by atoms with van der Waals surface area (Å²) in [6.07, 6.45) is 6.00. The summed E-state index contributed by atoms with van der Waals surface area (Å²) in [6, 6.07) is 0. The lowest BCUT2D eigenvalue weighted by Crippen LogP contribution is -2.17. The van der Waals surface area contributed by atoms with Crippen molar-refractivity contribution in [3.8, 4) is 0 Å². The van der Waals surface area contributed by atoms with Crippen LogP contribution in [-0.2, 0) is 0 Å². The summed E-state index contributed by atoms with van der Waals surface area (Å²) < 4.78 is 0. The summed E-state index contributed by atoms with van der Waals surface area (Å²) in [5.74, 6) is 0. The van der Waals surface area contributed by atoms with Crippen LogP contribution in [0.5, 0.6) is 0 Å². The SMILES string of the molecule is [C-]#[N+]C(C)(CC=C(C)C)CC=C(C)C. The molecule has 0 aliphatic carbocycles. The molecule has 0 spiro atoms. The van der Waals surface area contributed by atoms with Gasteiger partial charge in [0.25, 0.3) is 0 Å². The molecule has 0 N–H and O–H groups in total. The Hall–Kier alpha value is -1.03. The van der Waals surface area contributed by atoms with E-state index in [1.807, 2.05) is 6.92 Å². The van der Waals surface area contributed by atoms with Gasteiger partial charge in [-0.2, -0.15) is 0 Å². The minimum Gasteiger partial charge on any atom is -0.310 e. The van der Waals surface area contributed by atoms with Gasteiger partial charge in [-0.15, -0.1) is 0 Å². The number of hydrogen-bond donors (Lipinski definition) is 0. The fourth-order valence-electron chi connectivity index (χ4n) is 1.02. The average Bonchev–Trinajstić information content (AvgIpc) is 2.11. The molecule has 14 heavy (non-hydrogen) atoms. The van der Waals surface area contributed by atoms with E-state index in [0.717, 1.165) is 12.8 Å². The Morgan fingerprint density at radius 2 is 1.43 bits per heavy atom. The van der Waals surface area contributed by atoms with Gasteiger partial charge in [-0.1, -0.05) is 23.3 Å². The number of hydrogen-bond acceptors (Lipinski definition) is 0. The van der Waals surface area contributed by atoms with Crippen LogP contribution in [0.25, 0.3) is 4.85 Å². The van der Waals surface area contributed by atoms with Gasteiger partial charge in [-0.05, 0) is 27.7 Å². The molecule has 0 aromatic rings. The highest BCUT2D eigenvalue weighted by Crippen LogP contribution is 2.22. The Bertz CT molecular complexity index is 248. The second kappa shape index (κ2) is 5.65. The maximum absolute atomic E-state index is 7.21. The van der Waals surface area contributed by atoms with Crippen molar-refractivity contribution < 1.29 is 0 Å². The van der Waals surface area contributed by atoms with Crippen molar-refractivity contribution in [3.05, 3.63) is 34.7 Å². The first kappa shape index (κ1) is 13.0. The van der Waals surface area contributed by atoms with Gasteiger partial charge in [0, 0.05) is 19.8 Å². The summed E-state index contributed by atoms with van der Waals surface area (Å²) >= 11 is 0. The molecule has 0 radical (unpaired) electrons. The molecule has 0 heterocycles. The second-order valence-corrected chi connectivity index (χ2v) is 4.58. The molecular formula is C13H21N. The summed E-state index contributed by atoms with van der Waals surface area (Å²) in [6.45, 7) is 17.5. The molecule has 0 saturated heterocycles. The topological polar surface area (TPSA) is 4.36 Å². The van der Waals surface area contributed by atoms with Crippen molar-refractivity contribution in [2.24, 2.45) is 0 Å². The highest BCUT2D eigenvalue weighted by molar-refractivity contribution is 5.09. The largest absolute Gasteiger partial charge is 0.310 e. The maximum Gasteiger partial charge on any atom is 0.236 e. The van der Waals surface area contributed by atoms with Gasteiger partial charge < -0.3 is 4.85 Å². The summed E-state index contributed by atoms with van der Waals surface area (Å²) in [7, 11) is 0. The lowest BCUT2D eigenvalue weighted by atomic mass is 9.93. The van der Waals surface area contributed by atoms with Gasteiger partial charge in [0.05, 0.1) is 0 Å². The van der Waals surface area contributed by atoms with E-state index < -0.39 is 0 Å². The lowest BCUT2D eigenvalue weighted by Gasteiger charge is -2.13. The summed E-state index contributed by atoms with van der Waals surface area (Å²) in [5.41, 5.74) is 2.32. The van der Waals surface area contributed by atoms with Gasteiger partial charge in [0.2, 0.25) is 5.54 Å². The zero-order valence-electron chi connectivity index (χ0n) is 10.0. The first-order valence-electron chi connectivity index (χ1n) is 5.05. The molecule has 0 fully saturated rings. The van der Waals surface area contributed by atoms with Crippen LogP contribution in [0, 0.1) is 6.57 Å². The van der Waals surface area contributed by atoms with Crippen molar-refractivity contribution >= 4 is 0 Å². The average molecular weight is 191 g/mol. The molecule has 1 heteroatoms. The van der Waals surface area contributed by atoms with Crippen LogP contribution in [0.15, 0.2) is 23.3 Å². The van der Waals surface area contributed by atoms with Crippen LogP contribution >= 0.6 is 0 Å². The molecular weight excluding hydrogens is 170 g/mol. The van der Waals surface area contributed by atoms with E-state index in [-0.39, 0.29) is 5.54 Å². The van der Waals surface area contributed by atoms with Gasteiger partial charge in [-0.3, -0.25) is 0 Å². The Morgan fingerprint density at radius 1 is 1.07 bits per heavy atom. The van der Waals surface area contributed by atoms with Crippen LogP contribution in [0.1, 0.15) is 47.5 Å². The fourth-order valence-corrected chi connectivity index (χ4v) is 1.02. The quantitative estimate of drug-likeness (QED) is 0.459. The standard InChI is InChI=1S/C13H21N/c1-11(2)7-9-13(5,14-6)10-8-12(3)4/h7-8H,9-10H2,1-5H3. The second-order valence-electron chi connectivity index (χ2n) is 4.58. The normalized spacial score (nSPS) is 10.3. The molecule has 78 valence electrons. The highest BCUT2D eigenvalue weighted by Gasteiger charge is 2.26. The van der Waals surface area contributed by atoms with E-state index in [0.29, 0.717) is 0 Å². The minimum absolute atomic E-state index is 0.255. The van der Waals surface area contributed by atoms with Gasteiger partial charge in [-0.25, -0.2) is 6.57 Å². The Kier molecular flexibility index (Phi) is 5.23. The first-order chi connectivity index (χ1) is 6.39. The third kappa shape index (κ3) is 5.59. The molecule has 0 saturated carbocycles. The van der Waals surface area contributed by atoms with E-state index in [1.165, 1.54) is 11.1 Å². The van der Waals surface area contributed by atoms with E-state index in [2.05, 4.69) is 44.7 Å². The van der Waals surface area contributed by atoms with Gasteiger partial charge >= 0.3 is 0 Å². The van der Waals surface area contributed by atoms with Crippen molar-refractivity contribution in [1.82, 2.24) is 0 Å². The Balaban J connectivity index is 4.43. The summed E-state index contributed by atoms with van der Waals surface area (Å²) in [4.78, 5) is 3.72. The smallest absolute Gasteiger partial charge is 0.236 e. The maximum atomic E-state index is 7.21. The van der Waals surface area contributed by atoms with E-state index in [4.69, 9.17) is 6.57 Å². The molecule has 1 nitrogen and oxygen atoms in total. The molecule has 0 atom stereocenters. The highest BCUT2D eigenvalue weighted by atomic mass is 14.8. The number of allylic oxidation sites excluding steroid dienone is 2. The van der Waals surface area contributed by atoms with Gasteiger partial charge in [0.1, 0.15) is 0 Å². The molecule has 0 unspecified atom stereocenters. The first-order valence-corrected chi connectivity index (χ1v) is 5.05. The number of nitrogens with zero attached hydrogens (tertiary/aromatic N) is 1. The molecule has 0 bridgehead atoms. The monoisotopic (exact) mass is 191 g/mol. The third-order valence-electron chi connectivity index (χ3n) is 2.17. The molecule has 0 aromatic heterocycles. The minimum atomic E-state index is -0.255. The van der Waals surface area contributed by atoms with Crippen molar-refractivity contribution in [1.29, 1.82) is 0 Å². The van der Waals surface area contributed by atoms with E-state index in [9.17, 15) is 0 Å². The lowest BCUT2D eigenvalue weighted by molar-refractivity contribution is 0.566. The summed E-state index contributed by atoms with van der Waals surface area (Å²) in [5, 5.41) is 0. The predicted octanol–water partition coefficient (Wildman–Crippen LogP) is 4.38. The van der Waals surface area contributed by atoms with E-state index in [1.54, 1.807) is 0 Å². The van der Waals surface area contributed by atoms with Gasteiger partial charge in [0.15, 0.2) is 0 Å². The fraction of sp³-hybridized carbons (Fsp3) is 0.615. The molecule has 0 aliphatic heterocycles. The van der Waals surface area contributed by atoms with Crippen molar-refractivity contribution in [2.75, 3.05) is 0 Å². The molecule has 0 aromatic carbocycles. The van der Waals surface area contributed by atoms with Crippen LogP contribution in [0.3, 0.4) is 0 Å². The molecule has 0 amide bonds. The van der Waals surface area contributed by atoms with Crippen molar-refractivity contribution in [3.63, 3.8) is 0 Å². The van der Waals surface area contributed by atoms with Crippen LogP contribution in [0.2, 0.25) is 0 Å². The zero-order chi connectivity index (χ0) is 11.2. The van der Waals surface area contributed by atoms with Crippen LogP contribution in [-0.4, -0.2) is 5.54 Å². The van der Waals surface area contributed by atoms with Crippen LogP contribution in [0.4, 0.5) is 0 Å². The van der Waals surface area contributed by atoms with E-state index >= 15 is 0 Å². The Morgan fingerprint density at radius 3 is 1.64 bits per heavy atom. The zero-order valence-corrected chi connectivity index (χ0v) is 10.0. The van der Waals surface area contributed by atoms with Crippen molar-refractivity contribution in [2.45, 2.75) is 53.0 Å². The van der Waals surface area contributed by atoms with Crippen LogP contribution < -0.4 is 0 Å². The molecule has 0 rings (SSSR count). The third-order valence-corrected chi connectivity index (χ3v) is 2.17. The Labute approximate surface area is 88.3 Å². The molecule has 0 aliphatic rings.